The molecule has 37 heavy (non-hydrogen) atoms. The normalized spacial score (nSPS) is 15.9. The third-order valence-electron chi connectivity index (χ3n) is 8.06. The van der Waals surface area contributed by atoms with Gasteiger partial charge in [0.1, 0.15) is 0 Å². The number of carbonyl (C=O) groups excluding carboxylic acids is 4. The predicted octanol–water partition coefficient (Wildman–Crippen LogP) is 4.54. The molecule has 182 valence electrons. The van der Waals surface area contributed by atoms with Gasteiger partial charge in [-0.1, -0.05) is 38.1 Å². The summed E-state index contributed by atoms with van der Waals surface area (Å²) < 4.78 is 0. The third-order valence-corrected chi connectivity index (χ3v) is 8.06. The van der Waals surface area contributed by atoms with E-state index in [2.05, 4.69) is 0 Å². The highest BCUT2D eigenvalue weighted by molar-refractivity contribution is 6.41. The van der Waals surface area contributed by atoms with Crippen LogP contribution in [-0.2, 0) is 0 Å². The van der Waals surface area contributed by atoms with Gasteiger partial charge in [-0.2, -0.15) is 0 Å². The summed E-state index contributed by atoms with van der Waals surface area (Å²) in [6, 6.07) is 14.7. The van der Waals surface area contributed by atoms with Gasteiger partial charge in [-0.25, -0.2) is 0 Å². The minimum atomic E-state index is -0.412. The second kappa shape index (κ2) is 6.89. The summed E-state index contributed by atoms with van der Waals surface area (Å²) in [7, 11) is 1.50. The first-order valence-electron chi connectivity index (χ1n) is 12.2. The molecule has 2 aliphatic heterocycles. The van der Waals surface area contributed by atoms with Crippen LogP contribution in [0.3, 0.4) is 0 Å². The molecule has 2 heterocycles. The maximum Gasteiger partial charge on any atom is 0.261 e. The fraction of sp³-hybridized carbons (Fsp3) is 0.200. The predicted molar refractivity (Wildman–Crippen MR) is 142 cm³/mol. The van der Waals surface area contributed by atoms with Gasteiger partial charge in [0.05, 0.1) is 0 Å². The summed E-state index contributed by atoms with van der Waals surface area (Å²) in [6.07, 6.45) is 0. The van der Waals surface area contributed by atoms with E-state index >= 15 is 0 Å². The molecule has 5 aromatic carbocycles. The number of benzene rings is 5. The van der Waals surface area contributed by atoms with Crippen molar-refractivity contribution in [3.8, 4) is 0 Å². The third kappa shape index (κ3) is 2.59. The van der Waals surface area contributed by atoms with Gasteiger partial charge in [-0.15, -0.1) is 0 Å². The maximum atomic E-state index is 13.6. The molecule has 0 aromatic heterocycles. The summed E-state index contributed by atoms with van der Waals surface area (Å²) in [6.45, 7) is 4.45. The van der Waals surface area contributed by atoms with Crippen molar-refractivity contribution in [2.45, 2.75) is 13.8 Å². The number of nitrogens with two attached hydrogens (primary N) is 1. The van der Waals surface area contributed by atoms with E-state index in [1.807, 2.05) is 38.1 Å². The van der Waals surface area contributed by atoms with E-state index in [0.717, 1.165) is 37.2 Å². The van der Waals surface area contributed by atoms with E-state index in [9.17, 15) is 19.2 Å². The molecule has 7 nitrogen and oxygen atoms in total. The Morgan fingerprint density at radius 3 is 1.30 bits per heavy atom. The van der Waals surface area contributed by atoms with Crippen LogP contribution >= 0.6 is 0 Å². The Balaban J connectivity index is 1.59. The fourth-order valence-corrected chi connectivity index (χ4v) is 6.07. The highest BCUT2D eigenvalue weighted by Gasteiger charge is 2.37. The highest BCUT2D eigenvalue weighted by Crippen LogP contribution is 2.46. The zero-order valence-electron chi connectivity index (χ0n) is 20.6. The first-order valence-corrected chi connectivity index (χ1v) is 12.2. The van der Waals surface area contributed by atoms with Crippen molar-refractivity contribution < 1.29 is 19.2 Å². The molecule has 0 atom stereocenters. The van der Waals surface area contributed by atoms with Gasteiger partial charge < -0.3 is 5.73 Å². The minimum absolute atomic E-state index is 0.232. The van der Waals surface area contributed by atoms with Gasteiger partial charge >= 0.3 is 0 Å². The van der Waals surface area contributed by atoms with E-state index in [1.54, 1.807) is 24.3 Å². The number of fused-ring (bicyclic) bond motifs is 2. The Bertz CT molecular complexity index is 1800. The number of nitrogens with zero attached hydrogens (tertiary/aromatic N) is 2. The van der Waals surface area contributed by atoms with Gasteiger partial charge in [-0.3, -0.25) is 29.0 Å². The monoisotopic (exact) mass is 489 g/mol. The lowest BCUT2D eigenvalue weighted by atomic mass is 9.82. The van der Waals surface area contributed by atoms with E-state index in [0.29, 0.717) is 39.6 Å². The van der Waals surface area contributed by atoms with E-state index in [4.69, 9.17) is 5.73 Å². The molecule has 4 amide bonds. The van der Waals surface area contributed by atoms with Crippen LogP contribution in [0.15, 0.2) is 48.5 Å². The molecular weight excluding hydrogens is 466 g/mol. The molecule has 0 fully saturated rings. The van der Waals surface area contributed by atoms with E-state index in [1.165, 1.54) is 11.9 Å². The average molecular weight is 490 g/mol. The van der Waals surface area contributed by atoms with Crippen LogP contribution in [0.25, 0.3) is 43.1 Å². The largest absolute Gasteiger partial charge is 0.330 e. The van der Waals surface area contributed by atoms with Crippen LogP contribution in [0.4, 0.5) is 0 Å². The van der Waals surface area contributed by atoms with Gasteiger partial charge in [0.25, 0.3) is 23.6 Å². The lowest BCUT2D eigenvalue weighted by Crippen LogP contribution is -2.47. The molecule has 5 aromatic rings. The Labute approximate surface area is 211 Å². The molecule has 7 rings (SSSR count). The average Bonchev–Trinajstić information content (AvgIpc) is 2.90. The summed E-state index contributed by atoms with van der Waals surface area (Å²) >= 11 is 0. The standard InChI is InChI=1S/C30H23N3O4/c1-30(2,12-31)13-33-28(36)20-10-6-16-14-4-8-18-24-19(27(35)32(3)26(18)34)9-5-15(22(14)24)17-7-11-21(29(33)37)25(20)23(16)17/h4-11H,12-13,31H2,1-3H3. The van der Waals surface area contributed by atoms with Gasteiger partial charge in [0.2, 0.25) is 0 Å². The molecule has 0 radical (unpaired) electrons. The quantitative estimate of drug-likeness (QED) is 0.228. The SMILES string of the molecule is CN1C(=O)c2ccc3c4ccc5c6c(ccc(c7ccc(c2c37)C1=O)c64)C(=O)N(CC(C)(C)CN)C5=O. The lowest BCUT2D eigenvalue weighted by molar-refractivity contribution is 0.0548. The summed E-state index contributed by atoms with van der Waals surface area (Å²) in [5.41, 5.74) is 7.46. The minimum Gasteiger partial charge on any atom is -0.330 e. The lowest BCUT2D eigenvalue weighted by Gasteiger charge is -2.34. The van der Waals surface area contributed by atoms with Crippen molar-refractivity contribution in [2.24, 2.45) is 11.1 Å². The topological polar surface area (TPSA) is 101 Å². The van der Waals surface area contributed by atoms with Crippen LogP contribution in [0.1, 0.15) is 55.3 Å². The summed E-state index contributed by atoms with van der Waals surface area (Å²) in [5.74, 6) is -1.29. The zero-order chi connectivity index (χ0) is 26.0. The van der Waals surface area contributed by atoms with Gasteiger partial charge in [-0.05, 0) is 68.5 Å². The number of amides is 4. The molecule has 0 bridgehead atoms. The van der Waals surface area contributed by atoms with Gasteiger partial charge in [0.15, 0.2) is 0 Å². The highest BCUT2D eigenvalue weighted by atomic mass is 16.2. The summed E-state index contributed by atoms with van der Waals surface area (Å²) in [5, 5.41) is 6.51. The van der Waals surface area contributed by atoms with Gasteiger partial charge in [0, 0.05) is 46.6 Å². The van der Waals surface area contributed by atoms with E-state index < -0.39 is 5.41 Å². The van der Waals surface area contributed by atoms with Crippen molar-refractivity contribution in [1.29, 1.82) is 0 Å². The molecule has 0 unspecified atom stereocenters. The maximum absolute atomic E-state index is 13.6. The zero-order valence-corrected chi connectivity index (χ0v) is 20.6. The number of hydrogen-bond acceptors (Lipinski definition) is 5. The molecule has 0 aliphatic carbocycles. The molecule has 2 aliphatic rings. The first kappa shape index (κ1) is 21.9. The van der Waals surface area contributed by atoms with Crippen LogP contribution in [0, 0.1) is 5.41 Å². The molecule has 2 N–H and O–H groups in total. The van der Waals surface area contributed by atoms with Crippen LogP contribution < -0.4 is 5.73 Å². The Hall–Kier alpha value is -4.36. The Kier molecular flexibility index (Phi) is 4.08. The smallest absolute Gasteiger partial charge is 0.261 e. The number of imide groups is 2. The molecule has 0 saturated carbocycles. The van der Waals surface area contributed by atoms with E-state index in [-0.39, 0.29) is 30.2 Å². The second-order valence-corrected chi connectivity index (χ2v) is 10.9. The number of hydrogen-bond donors (Lipinski definition) is 1. The van der Waals surface area contributed by atoms with Crippen molar-refractivity contribution in [3.63, 3.8) is 0 Å². The first-order chi connectivity index (χ1) is 17.6. The molecule has 0 saturated heterocycles. The Morgan fingerprint density at radius 2 is 0.946 bits per heavy atom. The second-order valence-electron chi connectivity index (χ2n) is 10.9. The van der Waals surface area contributed by atoms with Crippen molar-refractivity contribution in [2.75, 3.05) is 20.1 Å². The van der Waals surface area contributed by atoms with Crippen LogP contribution in [0.2, 0.25) is 0 Å². The van der Waals surface area contributed by atoms with Crippen molar-refractivity contribution in [1.82, 2.24) is 9.80 Å². The molecule has 7 heteroatoms. The fourth-order valence-electron chi connectivity index (χ4n) is 6.07. The Morgan fingerprint density at radius 1 is 0.595 bits per heavy atom. The summed E-state index contributed by atoms with van der Waals surface area (Å²) in [4.78, 5) is 55.6. The molecule has 0 spiro atoms. The van der Waals surface area contributed by atoms with Crippen molar-refractivity contribution in [3.05, 3.63) is 70.8 Å². The number of carbonyl (C=O) groups is 4. The number of rotatable bonds is 3. The molecular formula is C30H23N3O4. The van der Waals surface area contributed by atoms with Crippen LogP contribution in [0.5, 0.6) is 0 Å². The van der Waals surface area contributed by atoms with Crippen LogP contribution in [-0.4, -0.2) is 53.6 Å². The van der Waals surface area contributed by atoms with Crippen molar-refractivity contribution >= 4 is 66.7 Å².